The number of H-pyrrole nitrogens is 1. The van der Waals surface area contributed by atoms with Crippen molar-refractivity contribution in [2.24, 2.45) is 0 Å². The zero-order chi connectivity index (χ0) is 14.5. The van der Waals surface area contributed by atoms with Crippen LogP contribution in [0.3, 0.4) is 0 Å². The van der Waals surface area contributed by atoms with Gasteiger partial charge >= 0.3 is 6.61 Å². The molecule has 0 saturated heterocycles. The molecule has 0 radical (unpaired) electrons. The minimum atomic E-state index is -2.83. The van der Waals surface area contributed by atoms with Crippen molar-refractivity contribution in [1.29, 1.82) is 0 Å². The normalized spacial score (nSPS) is 10.8. The molecule has 0 aliphatic carbocycles. The standard InChI is InChI=1S/C14H14BrF2NO2/c1-2-19-13-12(7-10(8-15)18-13)9-4-3-5-11(6-9)20-14(16)17/h3-7,14,18H,2,8H2,1H3. The van der Waals surface area contributed by atoms with Gasteiger partial charge < -0.3 is 14.5 Å². The Bertz CT molecular complexity index is 572. The Kier molecular flexibility index (Phi) is 5.00. The predicted octanol–water partition coefficient (Wildman–Crippen LogP) is 4.58. The van der Waals surface area contributed by atoms with Crippen LogP contribution in [-0.4, -0.2) is 18.2 Å². The van der Waals surface area contributed by atoms with Crippen molar-refractivity contribution in [3.8, 4) is 22.8 Å². The van der Waals surface area contributed by atoms with E-state index in [9.17, 15) is 8.78 Å². The summed E-state index contributed by atoms with van der Waals surface area (Å²) >= 11 is 3.37. The zero-order valence-corrected chi connectivity index (χ0v) is 12.4. The second kappa shape index (κ2) is 6.74. The lowest BCUT2D eigenvalue weighted by Crippen LogP contribution is -2.01. The molecule has 20 heavy (non-hydrogen) atoms. The summed E-state index contributed by atoms with van der Waals surface area (Å²) in [7, 11) is 0. The lowest BCUT2D eigenvalue weighted by molar-refractivity contribution is -0.0498. The molecule has 6 heteroatoms. The molecule has 1 aromatic carbocycles. The summed E-state index contributed by atoms with van der Waals surface area (Å²) in [6, 6.07) is 8.47. The Morgan fingerprint density at radius 2 is 2.10 bits per heavy atom. The van der Waals surface area contributed by atoms with Gasteiger partial charge in [0.25, 0.3) is 0 Å². The van der Waals surface area contributed by atoms with E-state index in [0.717, 1.165) is 16.8 Å². The Labute approximate surface area is 124 Å². The fraction of sp³-hybridized carbons (Fsp3) is 0.286. The molecule has 108 valence electrons. The number of benzene rings is 1. The van der Waals surface area contributed by atoms with E-state index in [1.807, 2.05) is 19.1 Å². The highest BCUT2D eigenvalue weighted by atomic mass is 79.9. The molecule has 0 bridgehead atoms. The van der Waals surface area contributed by atoms with Gasteiger partial charge in [-0.25, -0.2) is 0 Å². The first-order chi connectivity index (χ1) is 9.63. The van der Waals surface area contributed by atoms with E-state index in [-0.39, 0.29) is 5.75 Å². The summed E-state index contributed by atoms with van der Waals surface area (Å²) in [4.78, 5) is 3.13. The molecule has 0 saturated carbocycles. The minimum absolute atomic E-state index is 0.126. The average molecular weight is 346 g/mol. The third-order valence-corrected chi connectivity index (χ3v) is 3.24. The summed E-state index contributed by atoms with van der Waals surface area (Å²) in [6.07, 6.45) is 0. The van der Waals surface area contributed by atoms with Crippen LogP contribution in [0.25, 0.3) is 11.1 Å². The van der Waals surface area contributed by atoms with Gasteiger partial charge in [0, 0.05) is 16.6 Å². The number of aromatic amines is 1. The molecule has 0 amide bonds. The van der Waals surface area contributed by atoms with Crippen LogP contribution in [0.4, 0.5) is 8.78 Å². The smallest absolute Gasteiger partial charge is 0.387 e. The lowest BCUT2D eigenvalue weighted by atomic mass is 10.1. The highest BCUT2D eigenvalue weighted by Gasteiger charge is 2.12. The molecule has 2 aromatic rings. The van der Waals surface area contributed by atoms with E-state index in [1.54, 1.807) is 12.1 Å². The maximum absolute atomic E-state index is 12.3. The van der Waals surface area contributed by atoms with Gasteiger partial charge in [-0.15, -0.1) is 0 Å². The van der Waals surface area contributed by atoms with E-state index >= 15 is 0 Å². The second-order valence-corrected chi connectivity index (χ2v) is 4.57. The quantitative estimate of drug-likeness (QED) is 0.777. The van der Waals surface area contributed by atoms with Crippen molar-refractivity contribution in [3.05, 3.63) is 36.0 Å². The molecule has 3 nitrogen and oxygen atoms in total. The third kappa shape index (κ3) is 3.50. The van der Waals surface area contributed by atoms with Crippen molar-refractivity contribution in [2.75, 3.05) is 6.61 Å². The highest BCUT2D eigenvalue weighted by molar-refractivity contribution is 9.08. The molecule has 1 N–H and O–H groups in total. The molecular weight excluding hydrogens is 332 g/mol. The van der Waals surface area contributed by atoms with Crippen molar-refractivity contribution in [3.63, 3.8) is 0 Å². The molecule has 0 fully saturated rings. The van der Waals surface area contributed by atoms with Crippen LogP contribution in [0.15, 0.2) is 30.3 Å². The first-order valence-electron chi connectivity index (χ1n) is 6.10. The van der Waals surface area contributed by atoms with Gasteiger partial charge in [-0.1, -0.05) is 28.1 Å². The fourth-order valence-electron chi connectivity index (χ4n) is 1.87. The number of aromatic nitrogens is 1. The number of rotatable bonds is 6. The summed E-state index contributed by atoms with van der Waals surface area (Å²) in [6.45, 7) is -0.432. The number of alkyl halides is 3. The van der Waals surface area contributed by atoms with Crippen molar-refractivity contribution in [2.45, 2.75) is 18.9 Å². The molecular formula is C14H14BrF2NO2. The van der Waals surface area contributed by atoms with Gasteiger partial charge in [-0.05, 0) is 30.7 Å². The van der Waals surface area contributed by atoms with E-state index < -0.39 is 6.61 Å². The first kappa shape index (κ1) is 14.8. The molecule has 1 heterocycles. The van der Waals surface area contributed by atoms with Gasteiger partial charge in [-0.3, -0.25) is 0 Å². The van der Waals surface area contributed by atoms with Crippen molar-refractivity contribution >= 4 is 15.9 Å². The Hall–Kier alpha value is -1.56. The van der Waals surface area contributed by atoms with Crippen molar-refractivity contribution in [1.82, 2.24) is 4.98 Å². The fourth-order valence-corrected chi connectivity index (χ4v) is 2.18. The van der Waals surface area contributed by atoms with Crippen LogP contribution in [0, 0.1) is 0 Å². The summed E-state index contributed by atoms with van der Waals surface area (Å²) in [5.41, 5.74) is 2.53. The van der Waals surface area contributed by atoms with Crippen LogP contribution in [0.1, 0.15) is 12.6 Å². The lowest BCUT2D eigenvalue weighted by Gasteiger charge is -2.08. The molecule has 2 rings (SSSR count). The van der Waals surface area contributed by atoms with Crippen LogP contribution in [-0.2, 0) is 5.33 Å². The summed E-state index contributed by atoms with van der Waals surface area (Å²) in [5, 5.41) is 0.653. The molecule has 1 aromatic heterocycles. The first-order valence-corrected chi connectivity index (χ1v) is 7.22. The van der Waals surface area contributed by atoms with Gasteiger partial charge in [0.05, 0.1) is 6.61 Å². The largest absolute Gasteiger partial charge is 0.479 e. The van der Waals surface area contributed by atoms with Gasteiger partial charge in [0.15, 0.2) is 5.88 Å². The second-order valence-electron chi connectivity index (χ2n) is 4.01. The van der Waals surface area contributed by atoms with Crippen molar-refractivity contribution < 1.29 is 18.3 Å². The molecule has 0 unspecified atom stereocenters. The van der Waals surface area contributed by atoms with Gasteiger partial charge in [-0.2, -0.15) is 8.78 Å². The van der Waals surface area contributed by atoms with Gasteiger partial charge in [0.1, 0.15) is 5.75 Å². The molecule has 0 aliphatic rings. The summed E-state index contributed by atoms with van der Waals surface area (Å²) < 4.78 is 34.5. The average Bonchev–Trinajstić information content (AvgIpc) is 2.82. The number of hydrogen-bond acceptors (Lipinski definition) is 2. The number of nitrogens with one attached hydrogen (secondary N) is 1. The zero-order valence-electron chi connectivity index (χ0n) is 10.8. The molecule has 0 atom stereocenters. The monoisotopic (exact) mass is 345 g/mol. The maximum atomic E-state index is 12.3. The van der Waals surface area contributed by atoms with E-state index in [2.05, 4.69) is 25.7 Å². The summed E-state index contributed by atoms with van der Waals surface area (Å²) in [5.74, 6) is 0.748. The molecule has 0 spiro atoms. The molecule has 0 aliphatic heterocycles. The van der Waals surface area contributed by atoms with Gasteiger partial charge in [0.2, 0.25) is 0 Å². The minimum Gasteiger partial charge on any atom is -0.479 e. The van der Waals surface area contributed by atoms with Crippen LogP contribution < -0.4 is 9.47 Å². The SMILES string of the molecule is CCOc1[nH]c(CBr)cc1-c1cccc(OC(F)F)c1. The van der Waals surface area contributed by atoms with Crippen LogP contribution in [0.5, 0.6) is 11.6 Å². The Morgan fingerprint density at radius 3 is 2.75 bits per heavy atom. The predicted molar refractivity (Wildman–Crippen MR) is 76.7 cm³/mol. The van der Waals surface area contributed by atoms with Crippen LogP contribution >= 0.6 is 15.9 Å². The topological polar surface area (TPSA) is 34.2 Å². The number of ether oxygens (including phenoxy) is 2. The van der Waals surface area contributed by atoms with E-state index in [0.29, 0.717) is 17.8 Å². The maximum Gasteiger partial charge on any atom is 0.387 e. The van der Waals surface area contributed by atoms with E-state index in [4.69, 9.17) is 4.74 Å². The highest BCUT2D eigenvalue weighted by Crippen LogP contribution is 2.33. The third-order valence-electron chi connectivity index (χ3n) is 2.64. The van der Waals surface area contributed by atoms with E-state index in [1.165, 1.54) is 6.07 Å². The Balaban J connectivity index is 2.37. The number of halogens is 3. The van der Waals surface area contributed by atoms with Crippen LogP contribution in [0.2, 0.25) is 0 Å². The number of hydrogen-bond donors (Lipinski definition) is 1. The Morgan fingerprint density at radius 1 is 1.30 bits per heavy atom.